The van der Waals surface area contributed by atoms with Gasteiger partial charge in [-0.25, -0.2) is 9.78 Å². The van der Waals surface area contributed by atoms with Gasteiger partial charge in [-0.2, -0.15) is 5.10 Å². The number of methoxy groups -OCH3 is 2. The predicted molar refractivity (Wildman–Crippen MR) is 127 cm³/mol. The molecule has 0 atom stereocenters. The summed E-state index contributed by atoms with van der Waals surface area (Å²) >= 11 is 0. The molecule has 0 aliphatic heterocycles. The van der Waals surface area contributed by atoms with E-state index in [1.807, 2.05) is 31.2 Å². The number of rotatable bonds is 7. The Labute approximate surface area is 196 Å². The van der Waals surface area contributed by atoms with Gasteiger partial charge in [0.2, 0.25) is 0 Å². The molecule has 0 radical (unpaired) electrons. The monoisotopic (exact) mass is 460 g/mol. The minimum Gasteiger partial charge on any atom is -0.493 e. The van der Waals surface area contributed by atoms with Crippen LogP contribution in [0.15, 0.2) is 54.6 Å². The van der Waals surface area contributed by atoms with Crippen LogP contribution >= 0.6 is 0 Å². The Kier molecular flexibility index (Phi) is 6.44. The van der Waals surface area contributed by atoms with Crippen molar-refractivity contribution in [2.24, 2.45) is 7.05 Å². The van der Waals surface area contributed by atoms with Crippen molar-refractivity contribution in [2.45, 2.75) is 6.92 Å². The Morgan fingerprint density at radius 1 is 1.00 bits per heavy atom. The number of anilines is 1. The molecule has 0 unspecified atom stereocenters. The molecule has 0 aliphatic carbocycles. The molecule has 2 aromatic carbocycles. The van der Waals surface area contributed by atoms with Gasteiger partial charge in [-0.05, 0) is 37.3 Å². The lowest BCUT2D eigenvalue weighted by molar-refractivity contribution is -0.119. The summed E-state index contributed by atoms with van der Waals surface area (Å²) in [5.74, 6) is 0.553. The van der Waals surface area contributed by atoms with Gasteiger partial charge in [-0.3, -0.25) is 9.48 Å². The fourth-order valence-electron chi connectivity index (χ4n) is 3.60. The minimum absolute atomic E-state index is 0.305. The van der Waals surface area contributed by atoms with Crippen molar-refractivity contribution in [3.8, 4) is 22.8 Å². The summed E-state index contributed by atoms with van der Waals surface area (Å²) < 4.78 is 17.6. The zero-order valence-corrected chi connectivity index (χ0v) is 19.3. The molecule has 0 spiro atoms. The van der Waals surface area contributed by atoms with E-state index in [1.54, 1.807) is 56.3 Å². The van der Waals surface area contributed by atoms with Crippen LogP contribution in [0.4, 0.5) is 5.82 Å². The zero-order valence-electron chi connectivity index (χ0n) is 19.3. The average molecular weight is 460 g/mol. The van der Waals surface area contributed by atoms with E-state index in [9.17, 15) is 9.59 Å². The fourth-order valence-corrected chi connectivity index (χ4v) is 3.60. The van der Waals surface area contributed by atoms with E-state index >= 15 is 0 Å². The highest BCUT2D eigenvalue weighted by atomic mass is 16.5. The highest BCUT2D eigenvalue weighted by molar-refractivity contribution is 6.05. The Morgan fingerprint density at radius 3 is 2.47 bits per heavy atom. The van der Waals surface area contributed by atoms with Crippen LogP contribution in [-0.2, 0) is 16.6 Å². The van der Waals surface area contributed by atoms with Gasteiger partial charge < -0.3 is 19.5 Å². The van der Waals surface area contributed by atoms with Gasteiger partial charge in [0.05, 0.1) is 36.7 Å². The van der Waals surface area contributed by atoms with Gasteiger partial charge in [-0.1, -0.05) is 18.2 Å². The number of aryl methyl sites for hydroxylation is 2. The third-order valence-electron chi connectivity index (χ3n) is 5.22. The second-order valence-electron chi connectivity index (χ2n) is 7.56. The third-order valence-corrected chi connectivity index (χ3v) is 5.22. The number of carbonyl (C=O) groups excluding carboxylic acids is 2. The number of aromatic nitrogens is 3. The maximum Gasteiger partial charge on any atom is 0.339 e. The number of carbonyl (C=O) groups is 2. The Bertz CT molecular complexity index is 1380. The number of hydrogen-bond acceptors (Lipinski definition) is 7. The lowest BCUT2D eigenvalue weighted by Gasteiger charge is -2.12. The van der Waals surface area contributed by atoms with Crippen LogP contribution in [0.25, 0.3) is 22.2 Å². The number of fused-ring (bicyclic) bond motifs is 1. The number of benzene rings is 2. The molecule has 2 aromatic heterocycles. The first-order valence-electron chi connectivity index (χ1n) is 10.5. The summed E-state index contributed by atoms with van der Waals surface area (Å²) in [6, 6.07) is 16.0. The average Bonchev–Trinajstić information content (AvgIpc) is 3.17. The van der Waals surface area contributed by atoms with Crippen LogP contribution < -0.4 is 14.8 Å². The lowest BCUT2D eigenvalue weighted by Crippen LogP contribution is -2.22. The number of para-hydroxylation sites is 1. The molecule has 4 rings (SSSR count). The predicted octanol–water partition coefficient (Wildman–Crippen LogP) is 3.76. The molecule has 0 aliphatic rings. The van der Waals surface area contributed by atoms with Gasteiger partial charge >= 0.3 is 5.97 Å². The Hall–Kier alpha value is -4.40. The molecular formula is C25H24N4O5. The molecule has 0 saturated heterocycles. The molecule has 2 heterocycles. The van der Waals surface area contributed by atoms with Crippen molar-refractivity contribution in [1.29, 1.82) is 0 Å². The number of amides is 1. The maximum absolute atomic E-state index is 13.0. The van der Waals surface area contributed by atoms with Crippen molar-refractivity contribution in [1.82, 2.24) is 14.8 Å². The number of hydrogen-bond donors (Lipinski definition) is 1. The molecule has 0 saturated carbocycles. The summed E-state index contributed by atoms with van der Waals surface area (Å²) in [5.41, 5.74) is 2.99. The molecule has 0 bridgehead atoms. The maximum atomic E-state index is 13.0. The quantitative estimate of drug-likeness (QED) is 0.419. The first kappa shape index (κ1) is 22.8. The molecule has 174 valence electrons. The van der Waals surface area contributed by atoms with E-state index in [0.717, 1.165) is 11.3 Å². The number of pyridine rings is 1. The second-order valence-corrected chi connectivity index (χ2v) is 7.56. The van der Waals surface area contributed by atoms with Crippen LogP contribution in [0.2, 0.25) is 0 Å². The smallest absolute Gasteiger partial charge is 0.339 e. The first-order valence-corrected chi connectivity index (χ1v) is 10.5. The standard InChI is InChI=1S/C25H24N4O5/c1-15-11-23(29(2)28-15)27-24(30)14-34-25(31)18-13-20(26-19-8-6-5-7-17(18)19)16-9-10-21(32-3)22(12-16)33-4/h5-13H,14H2,1-4H3,(H,27,30). The Balaban J connectivity index is 1.61. The summed E-state index contributed by atoms with van der Waals surface area (Å²) in [6.45, 7) is 1.38. The summed E-state index contributed by atoms with van der Waals surface area (Å²) in [5, 5.41) is 7.48. The van der Waals surface area contributed by atoms with Crippen molar-refractivity contribution in [3.63, 3.8) is 0 Å². The largest absolute Gasteiger partial charge is 0.493 e. The van der Waals surface area contributed by atoms with Gasteiger partial charge in [0.1, 0.15) is 5.82 Å². The number of nitrogens with one attached hydrogen (secondary N) is 1. The highest BCUT2D eigenvalue weighted by Gasteiger charge is 2.18. The van der Waals surface area contributed by atoms with Crippen molar-refractivity contribution >= 4 is 28.6 Å². The molecule has 1 N–H and O–H groups in total. The second kappa shape index (κ2) is 9.62. The minimum atomic E-state index is -0.628. The Morgan fingerprint density at radius 2 is 1.76 bits per heavy atom. The van der Waals surface area contributed by atoms with E-state index < -0.39 is 18.5 Å². The number of ether oxygens (including phenoxy) is 3. The third kappa shape index (κ3) is 4.68. The van der Waals surface area contributed by atoms with E-state index in [2.05, 4.69) is 15.4 Å². The van der Waals surface area contributed by atoms with Gasteiger partial charge in [0, 0.05) is 24.1 Å². The molecule has 1 amide bonds. The normalized spacial score (nSPS) is 10.7. The van der Waals surface area contributed by atoms with Crippen LogP contribution in [0.5, 0.6) is 11.5 Å². The number of nitrogens with zero attached hydrogens (tertiary/aromatic N) is 3. The van der Waals surface area contributed by atoms with Crippen LogP contribution in [0.3, 0.4) is 0 Å². The summed E-state index contributed by atoms with van der Waals surface area (Å²) in [6.07, 6.45) is 0. The van der Waals surface area contributed by atoms with Gasteiger partial charge in [0.25, 0.3) is 5.91 Å². The van der Waals surface area contributed by atoms with E-state index in [-0.39, 0.29) is 0 Å². The highest BCUT2D eigenvalue weighted by Crippen LogP contribution is 2.33. The summed E-state index contributed by atoms with van der Waals surface area (Å²) in [4.78, 5) is 30.0. The molecule has 9 nitrogen and oxygen atoms in total. The molecule has 0 fully saturated rings. The van der Waals surface area contributed by atoms with E-state index in [4.69, 9.17) is 14.2 Å². The van der Waals surface area contributed by atoms with Crippen molar-refractivity contribution < 1.29 is 23.8 Å². The SMILES string of the molecule is COc1ccc(-c2cc(C(=O)OCC(=O)Nc3cc(C)nn3C)c3ccccc3n2)cc1OC. The zero-order chi connectivity index (χ0) is 24.2. The van der Waals surface area contributed by atoms with E-state index in [1.165, 1.54) is 0 Å². The van der Waals surface area contributed by atoms with Crippen LogP contribution in [-0.4, -0.2) is 47.5 Å². The fraction of sp³-hybridized carbons (Fsp3) is 0.200. The summed E-state index contributed by atoms with van der Waals surface area (Å²) in [7, 11) is 4.83. The van der Waals surface area contributed by atoms with E-state index in [0.29, 0.717) is 39.5 Å². The lowest BCUT2D eigenvalue weighted by atomic mass is 10.0. The molecule has 4 aromatic rings. The molecule has 34 heavy (non-hydrogen) atoms. The van der Waals surface area contributed by atoms with Crippen LogP contribution in [0, 0.1) is 6.92 Å². The van der Waals surface area contributed by atoms with Gasteiger partial charge in [0.15, 0.2) is 18.1 Å². The number of esters is 1. The first-order chi connectivity index (χ1) is 16.4. The van der Waals surface area contributed by atoms with Crippen LogP contribution in [0.1, 0.15) is 16.1 Å². The van der Waals surface area contributed by atoms with Gasteiger partial charge in [-0.15, -0.1) is 0 Å². The molecule has 9 heteroatoms. The molecular weight excluding hydrogens is 436 g/mol. The van der Waals surface area contributed by atoms with Crippen molar-refractivity contribution in [2.75, 3.05) is 26.1 Å². The van der Waals surface area contributed by atoms with Crippen molar-refractivity contribution in [3.05, 3.63) is 65.9 Å². The topological polar surface area (TPSA) is 105 Å².